The second-order valence-corrected chi connectivity index (χ2v) is 4.36. The first-order chi connectivity index (χ1) is 5.86. The van der Waals surface area contributed by atoms with Crippen LogP contribution in [0, 0.1) is 5.92 Å². The first kappa shape index (κ1) is 8.52. The van der Waals surface area contributed by atoms with E-state index in [0.29, 0.717) is 0 Å². The lowest BCUT2D eigenvalue weighted by atomic mass is 9.98. The van der Waals surface area contributed by atoms with Gasteiger partial charge < -0.3 is 10.6 Å². The minimum Gasteiger partial charge on any atom is -0.314 e. The van der Waals surface area contributed by atoms with E-state index in [1.54, 1.807) is 0 Å². The maximum atomic E-state index is 3.70. The summed E-state index contributed by atoms with van der Waals surface area (Å²) >= 11 is 0. The number of nitrogens with one attached hydrogen (secondary N) is 2. The van der Waals surface area contributed by atoms with Crippen molar-refractivity contribution in [2.24, 2.45) is 5.92 Å². The Morgan fingerprint density at radius 1 is 1.25 bits per heavy atom. The van der Waals surface area contributed by atoms with Crippen molar-refractivity contribution in [3.8, 4) is 0 Å². The third kappa shape index (κ3) is 1.80. The quantitative estimate of drug-likeness (QED) is 0.660. The molecule has 12 heavy (non-hydrogen) atoms. The van der Waals surface area contributed by atoms with Gasteiger partial charge in [0, 0.05) is 25.2 Å². The molecule has 1 saturated carbocycles. The van der Waals surface area contributed by atoms with E-state index in [-0.39, 0.29) is 0 Å². The van der Waals surface area contributed by atoms with Crippen LogP contribution >= 0.6 is 0 Å². The van der Waals surface area contributed by atoms with E-state index >= 15 is 0 Å². The molecule has 0 aromatic carbocycles. The summed E-state index contributed by atoms with van der Waals surface area (Å²) in [5.74, 6) is 0.964. The van der Waals surface area contributed by atoms with Crippen molar-refractivity contribution in [2.45, 2.75) is 44.7 Å². The zero-order valence-corrected chi connectivity index (χ0v) is 7.97. The fourth-order valence-corrected chi connectivity index (χ4v) is 2.37. The van der Waals surface area contributed by atoms with Gasteiger partial charge in [-0.25, -0.2) is 0 Å². The Bertz CT molecular complexity index is 137. The summed E-state index contributed by atoms with van der Waals surface area (Å²) in [6, 6.07) is 1.51. The van der Waals surface area contributed by atoms with Gasteiger partial charge >= 0.3 is 0 Å². The van der Waals surface area contributed by atoms with Crippen molar-refractivity contribution in [1.82, 2.24) is 10.6 Å². The van der Waals surface area contributed by atoms with Crippen molar-refractivity contribution < 1.29 is 0 Å². The van der Waals surface area contributed by atoms with E-state index in [0.717, 1.165) is 18.0 Å². The SMILES string of the molecule is CC(NC1CNC1)C1CCCC1. The Balaban J connectivity index is 1.71. The van der Waals surface area contributed by atoms with E-state index in [9.17, 15) is 0 Å². The molecule has 0 aromatic rings. The number of rotatable bonds is 3. The van der Waals surface area contributed by atoms with Gasteiger partial charge in [-0.3, -0.25) is 0 Å². The molecule has 2 aliphatic rings. The van der Waals surface area contributed by atoms with Crippen LogP contribution in [0.3, 0.4) is 0 Å². The summed E-state index contributed by atoms with van der Waals surface area (Å²) in [4.78, 5) is 0. The number of hydrogen-bond acceptors (Lipinski definition) is 2. The Hall–Kier alpha value is -0.0800. The molecule has 2 nitrogen and oxygen atoms in total. The summed E-state index contributed by atoms with van der Waals surface area (Å²) in [6.07, 6.45) is 5.82. The van der Waals surface area contributed by atoms with Gasteiger partial charge in [0.05, 0.1) is 0 Å². The van der Waals surface area contributed by atoms with Gasteiger partial charge in [-0.05, 0) is 25.7 Å². The lowest BCUT2D eigenvalue weighted by molar-refractivity contribution is 0.285. The first-order valence-corrected chi connectivity index (χ1v) is 5.33. The Kier molecular flexibility index (Phi) is 2.66. The molecule has 0 amide bonds. The molecule has 1 atom stereocenters. The summed E-state index contributed by atoms with van der Waals surface area (Å²) in [6.45, 7) is 4.71. The van der Waals surface area contributed by atoms with Gasteiger partial charge in [-0.15, -0.1) is 0 Å². The highest BCUT2D eigenvalue weighted by atomic mass is 15.1. The molecule has 0 aromatic heterocycles. The second-order valence-electron chi connectivity index (χ2n) is 4.36. The minimum absolute atomic E-state index is 0.750. The number of hydrogen-bond donors (Lipinski definition) is 2. The predicted octanol–water partition coefficient (Wildman–Crippen LogP) is 1.13. The van der Waals surface area contributed by atoms with Crippen molar-refractivity contribution >= 4 is 0 Å². The zero-order chi connectivity index (χ0) is 8.39. The molecule has 2 N–H and O–H groups in total. The van der Waals surface area contributed by atoms with Crippen molar-refractivity contribution in [1.29, 1.82) is 0 Å². The summed E-state index contributed by atoms with van der Waals surface area (Å²) in [5, 5.41) is 6.99. The van der Waals surface area contributed by atoms with Crippen LogP contribution in [-0.2, 0) is 0 Å². The third-order valence-electron chi connectivity index (χ3n) is 3.39. The predicted molar refractivity (Wildman–Crippen MR) is 51.2 cm³/mol. The third-order valence-corrected chi connectivity index (χ3v) is 3.39. The zero-order valence-electron chi connectivity index (χ0n) is 7.97. The van der Waals surface area contributed by atoms with Crippen LogP contribution in [0.1, 0.15) is 32.6 Å². The Morgan fingerprint density at radius 2 is 1.92 bits per heavy atom. The average molecular weight is 168 g/mol. The standard InChI is InChI=1S/C10H20N2/c1-8(9-4-2-3-5-9)12-10-6-11-7-10/h8-12H,2-7H2,1H3. The highest BCUT2D eigenvalue weighted by Crippen LogP contribution is 2.27. The summed E-state index contributed by atoms with van der Waals surface area (Å²) in [7, 11) is 0. The molecule has 2 heteroatoms. The maximum Gasteiger partial charge on any atom is 0.0319 e. The molecule has 1 aliphatic carbocycles. The Labute approximate surface area is 75.1 Å². The highest BCUT2D eigenvalue weighted by molar-refractivity contribution is 4.87. The highest BCUT2D eigenvalue weighted by Gasteiger charge is 2.25. The molecule has 0 spiro atoms. The van der Waals surface area contributed by atoms with E-state index in [2.05, 4.69) is 17.6 Å². The lowest BCUT2D eigenvalue weighted by Gasteiger charge is -2.33. The van der Waals surface area contributed by atoms with Gasteiger partial charge in [0.25, 0.3) is 0 Å². The summed E-state index contributed by atoms with van der Waals surface area (Å²) < 4.78 is 0. The average Bonchev–Trinajstić information content (AvgIpc) is 2.47. The van der Waals surface area contributed by atoms with E-state index < -0.39 is 0 Å². The smallest absolute Gasteiger partial charge is 0.0319 e. The van der Waals surface area contributed by atoms with Crippen LogP contribution in [0.25, 0.3) is 0 Å². The molecule has 0 bridgehead atoms. The van der Waals surface area contributed by atoms with E-state index in [1.165, 1.54) is 38.8 Å². The monoisotopic (exact) mass is 168 g/mol. The normalized spacial score (nSPS) is 28.8. The Morgan fingerprint density at radius 3 is 2.42 bits per heavy atom. The molecule has 2 rings (SSSR count). The van der Waals surface area contributed by atoms with Crippen LogP contribution in [0.4, 0.5) is 0 Å². The van der Waals surface area contributed by atoms with Crippen LogP contribution in [0.5, 0.6) is 0 Å². The van der Waals surface area contributed by atoms with Gasteiger partial charge in [-0.2, -0.15) is 0 Å². The van der Waals surface area contributed by atoms with Crippen LogP contribution in [-0.4, -0.2) is 25.2 Å². The first-order valence-electron chi connectivity index (χ1n) is 5.33. The van der Waals surface area contributed by atoms with Gasteiger partial charge in [0.1, 0.15) is 0 Å². The van der Waals surface area contributed by atoms with Crippen molar-refractivity contribution in [3.63, 3.8) is 0 Å². The fourth-order valence-electron chi connectivity index (χ4n) is 2.37. The van der Waals surface area contributed by atoms with Crippen LogP contribution in [0.2, 0.25) is 0 Å². The minimum atomic E-state index is 0.750. The van der Waals surface area contributed by atoms with Crippen LogP contribution < -0.4 is 10.6 Å². The van der Waals surface area contributed by atoms with E-state index in [1.807, 2.05) is 0 Å². The van der Waals surface area contributed by atoms with Crippen LogP contribution in [0.15, 0.2) is 0 Å². The van der Waals surface area contributed by atoms with Gasteiger partial charge in [0.2, 0.25) is 0 Å². The maximum absolute atomic E-state index is 3.70. The molecule has 1 aliphatic heterocycles. The van der Waals surface area contributed by atoms with Gasteiger partial charge in [-0.1, -0.05) is 12.8 Å². The van der Waals surface area contributed by atoms with Crippen molar-refractivity contribution in [2.75, 3.05) is 13.1 Å². The molecule has 70 valence electrons. The molecular weight excluding hydrogens is 148 g/mol. The van der Waals surface area contributed by atoms with Crippen molar-refractivity contribution in [3.05, 3.63) is 0 Å². The molecule has 1 heterocycles. The summed E-state index contributed by atoms with van der Waals surface area (Å²) in [5.41, 5.74) is 0. The fraction of sp³-hybridized carbons (Fsp3) is 1.00. The molecule has 1 saturated heterocycles. The largest absolute Gasteiger partial charge is 0.314 e. The molecule has 2 fully saturated rings. The second kappa shape index (κ2) is 3.75. The van der Waals surface area contributed by atoms with E-state index in [4.69, 9.17) is 0 Å². The topological polar surface area (TPSA) is 24.1 Å². The lowest BCUT2D eigenvalue weighted by Crippen LogP contribution is -2.58. The molecule has 1 unspecified atom stereocenters. The molecule has 0 radical (unpaired) electrons. The molecular formula is C10H20N2. The van der Waals surface area contributed by atoms with Gasteiger partial charge in [0.15, 0.2) is 0 Å².